The van der Waals surface area contributed by atoms with Crippen LogP contribution in [0.15, 0.2) is 66.9 Å². The van der Waals surface area contributed by atoms with Crippen LogP contribution in [0, 0.1) is 5.82 Å². The first-order valence-electron chi connectivity index (χ1n) is 11.9. The number of hydrogen-bond acceptors (Lipinski definition) is 6. The lowest BCUT2D eigenvalue weighted by atomic mass is 10.0. The van der Waals surface area contributed by atoms with Crippen LogP contribution >= 0.6 is 0 Å². The number of rotatable bonds is 6. The van der Waals surface area contributed by atoms with Crippen LogP contribution in [0.5, 0.6) is 5.75 Å². The smallest absolute Gasteiger partial charge is 0.408 e. The molecule has 10 nitrogen and oxygen atoms in total. The highest BCUT2D eigenvalue weighted by atomic mass is 19.1. The number of aromatic nitrogens is 2. The van der Waals surface area contributed by atoms with Crippen molar-refractivity contribution >= 4 is 35.0 Å². The SMILES string of the molecule is COc1cc(C(=O)Nc2cc(-c3c(Nc4ccccc4)c4c(n3C)CN(C(=O)O)CC4=O)ccn2)ccc1F. The van der Waals surface area contributed by atoms with E-state index in [1.54, 1.807) is 23.7 Å². The van der Waals surface area contributed by atoms with Gasteiger partial charge in [0, 0.05) is 30.1 Å². The zero-order valence-electron chi connectivity index (χ0n) is 21.1. The third kappa shape index (κ3) is 4.89. The molecule has 2 aromatic heterocycles. The van der Waals surface area contributed by atoms with Crippen molar-refractivity contribution in [3.63, 3.8) is 0 Å². The van der Waals surface area contributed by atoms with E-state index in [1.807, 2.05) is 30.3 Å². The second kappa shape index (κ2) is 10.3. The number of ketones is 1. The van der Waals surface area contributed by atoms with Crippen molar-refractivity contribution in [2.45, 2.75) is 6.54 Å². The molecule has 11 heteroatoms. The Kier molecular flexibility index (Phi) is 6.72. The number of anilines is 3. The fourth-order valence-electron chi connectivity index (χ4n) is 4.60. The first kappa shape index (κ1) is 25.5. The van der Waals surface area contributed by atoms with E-state index in [-0.39, 0.29) is 36.0 Å². The number of pyridine rings is 1. The van der Waals surface area contributed by atoms with Gasteiger partial charge in [-0.3, -0.25) is 14.5 Å². The molecule has 2 aromatic carbocycles. The monoisotopic (exact) mass is 529 g/mol. The maximum Gasteiger partial charge on any atom is 0.408 e. The molecule has 2 amide bonds. The van der Waals surface area contributed by atoms with Gasteiger partial charge in [0.25, 0.3) is 5.91 Å². The molecule has 39 heavy (non-hydrogen) atoms. The quantitative estimate of drug-likeness (QED) is 0.324. The molecule has 0 radical (unpaired) electrons. The fourth-order valence-corrected chi connectivity index (χ4v) is 4.60. The van der Waals surface area contributed by atoms with Crippen LogP contribution in [0.1, 0.15) is 26.4 Å². The summed E-state index contributed by atoms with van der Waals surface area (Å²) in [5, 5.41) is 15.6. The number of nitrogens with zero attached hydrogens (tertiary/aromatic N) is 3. The van der Waals surface area contributed by atoms with Crippen molar-refractivity contribution in [2.24, 2.45) is 7.05 Å². The van der Waals surface area contributed by atoms with Crippen LogP contribution in [0.2, 0.25) is 0 Å². The van der Waals surface area contributed by atoms with Gasteiger partial charge >= 0.3 is 6.09 Å². The van der Waals surface area contributed by atoms with Crippen molar-refractivity contribution in [1.82, 2.24) is 14.5 Å². The van der Waals surface area contributed by atoms with Crippen molar-refractivity contribution < 1.29 is 28.6 Å². The van der Waals surface area contributed by atoms with E-state index in [9.17, 15) is 23.9 Å². The van der Waals surface area contributed by atoms with Gasteiger partial charge < -0.3 is 25.0 Å². The molecule has 3 heterocycles. The molecule has 0 aliphatic carbocycles. The van der Waals surface area contributed by atoms with E-state index in [0.29, 0.717) is 28.2 Å². The molecule has 3 N–H and O–H groups in total. The molecule has 0 atom stereocenters. The molecule has 0 bridgehead atoms. The predicted octanol–water partition coefficient (Wildman–Crippen LogP) is 4.91. The summed E-state index contributed by atoms with van der Waals surface area (Å²) >= 11 is 0. The number of ether oxygens (including phenoxy) is 1. The van der Waals surface area contributed by atoms with Crippen LogP contribution in [-0.2, 0) is 13.6 Å². The van der Waals surface area contributed by atoms with Gasteiger partial charge in [-0.05, 0) is 42.5 Å². The van der Waals surface area contributed by atoms with Crippen LogP contribution in [0.4, 0.5) is 26.4 Å². The number of para-hydroxylation sites is 1. The summed E-state index contributed by atoms with van der Waals surface area (Å²) in [4.78, 5) is 43.0. The van der Waals surface area contributed by atoms with Crippen LogP contribution < -0.4 is 15.4 Å². The van der Waals surface area contributed by atoms with Gasteiger partial charge in [0.1, 0.15) is 5.82 Å². The molecule has 1 aliphatic rings. The highest BCUT2D eigenvalue weighted by Crippen LogP contribution is 2.40. The number of halogens is 1. The molecule has 1 aliphatic heterocycles. The minimum absolute atomic E-state index is 0.0391. The topological polar surface area (TPSA) is 126 Å². The second-order valence-corrected chi connectivity index (χ2v) is 8.89. The van der Waals surface area contributed by atoms with E-state index < -0.39 is 17.8 Å². The highest BCUT2D eigenvalue weighted by molar-refractivity contribution is 6.09. The standard InChI is InChI=1S/C28H24FN5O5/c1-33-20-14-34(28(37)38)15-21(35)24(20)25(31-18-6-4-3-5-7-18)26(33)16-10-11-30-23(13-16)32-27(36)17-8-9-19(29)22(12-17)39-2/h3-13,31H,14-15H2,1-2H3,(H,37,38)(H,30,32,36). The number of Topliss-reactive ketones (excluding diaryl/α,β-unsaturated/α-hetero) is 1. The Morgan fingerprint density at radius 2 is 1.85 bits per heavy atom. The molecular weight excluding hydrogens is 505 g/mol. The Morgan fingerprint density at radius 3 is 2.56 bits per heavy atom. The molecular formula is C28H24FN5O5. The summed E-state index contributed by atoms with van der Waals surface area (Å²) in [6, 6.07) is 16.5. The summed E-state index contributed by atoms with van der Waals surface area (Å²) in [5.74, 6) is -1.26. The summed E-state index contributed by atoms with van der Waals surface area (Å²) < 4.78 is 20.5. The molecule has 0 fully saturated rings. The zero-order chi connectivity index (χ0) is 27.7. The number of benzene rings is 2. The van der Waals surface area contributed by atoms with Crippen molar-refractivity contribution in [2.75, 3.05) is 24.3 Å². The summed E-state index contributed by atoms with van der Waals surface area (Å²) in [7, 11) is 3.07. The Balaban J connectivity index is 1.56. The number of nitrogens with one attached hydrogen (secondary N) is 2. The van der Waals surface area contributed by atoms with Gasteiger partial charge in [-0.15, -0.1) is 0 Å². The number of carboxylic acid groups (broad SMARTS) is 1. The normalized spacial score (nSPS) is 12.6. The van der Waals surface area contributed by atoms with E-state index in [0.717, 1.165) is 16.7 Å². The number of amides is 2. The van der Waals surface area contributed by atoms with Crippen molar-refractivity contribution in [1.29, 1.82) is 0 Å². The molecule has 0 saturated carbocycles. The minimum atomic E-state index is -1.18. The number of hydrogen-bond donors (Lipinski definition) is 3. The Morgan fingerprint density at radius 1 is 1.08 bits per heavy atom. The van der Waals surface area contributed by atoms with Gasteiger partial charge in [-0.25, -0.2) is 14.2 Å². The molecule has 0 spiro atoms. The third-order valence-electron chi connectivity index (χ3n) is 6.47. The lowest BCUT2D eigenvalue weighted by Gasteiger charge is -2.24. The van der Waals surface area contributed by atoms with Gasteiger partial charge in [0.2, 0.25) is 0 Å². The lowest BCUT2D eigenvalue weighted by molar-refractivity contribution is 0.0871. The Bertz CT molecular complexity index is 1600. The number of carbonyl (C=O) groups is 3. The summed E-state index contributed by atoms with van der Waals surface area (Å²) in [6.07, 6.45) is 0.334. The second-order valence-electron chi connectivity index (χ2n) is 8.89. The van der Waals surface area contributed by atoms with E-state index in [2.05, 4.69) is 15.6 Å². The van der Waals surface area contributed by atoms with E-state index >= 15 is 0 Å². The van der Waals surface area contributed by atoms with Crippen molar-refractivity contribution in [3.8, 4) is 17.0 Å². The van der Waals surface area contributed by atoms with Gasteiger partial charge in [0.05, 0.1) is 42.8 Å². The van der Waals surface area contributed by atoms with Gasteiger partial charge in [-0.1, -0.05) is 18.2 Å². The number of fused-ring (bicyclic) bond motifs is 1. The first-order chi connectivity index (χ1) is 18.8. The maximum absolute atomic E-state index is 13.8. The maximum atomic E-state index is 13.8. The molecule has 0 saturated heterocycles. The average Bonchev–Trinajstić information content (AvgIpc) is 3.20. The van der Waals surface area contributed by atoms with Crippen LogP contribution in [0.3, 0.4) is 0 Å². The molecule has 4 aromatic rings. The Labute approximate surface area is 222 Å². The third-order valence-corrected chi connectivity index (χ3v) is 6.47. The largest absolute Gasteiger partial charge is 0.494 e. The molecule has 5 rings (SSSR count). The van der Waals surface area contributed by atoms with Gasteiger partial charge in [-0.2, -0.15) is 0 Å². The summed E-state index contributed by atoms with van der Waals surface area (Å²) in [6.45, 7) is -0.217. The fraction of sp³-hybridized carbons (Fsp3) is 0.143. The summed E-state index contributed by atoms with van der Waals surface area (Å²) in [5.41, 5.74) is 3.65. The van der Waals surface area contributed by atoms with Crippen LogP contribution in [0.25, 0.3) is 11.3 Å². The molecule has 198 valence electrons. The zero-order valence-corrected chi connectivity index (χ0v) is 21.1. The number of methoxy groups -OCH3 is 1. The van der Waals surface area contributed by atoms with Crippen LogP contribution in [-0.4, -0.2) is 51.0 Å². The van der Waals surface area contributed by atoms with E-state index in [4.69, 9.17) is 4.74 Å². The lowest BCUT2D eigenvalue weighted by Crippen LogP contribution is -2.39. The highest BCUT2D eigenvalue weighted by Gasteiger charge is 2.34. The van der Waals surface area contributed by atoms with Crippen molar-refractivity contribution in [3.05, 3.63) is 89.5 Å². The minimum Gasteiger partial charge on any atom is -0.494 e. The average molecular weight is 530 g/mol. The van der Waals surface area contributed by atoms with Gasteiger partial charge in [0.15, 0.2) is 17.3 Å². The first-order valence-corrected chi connectivity index (χ1v) is 11.9. The number of carbonyl (C=O) groups excluding carboxylic acids is 2. The van der Waals surface area contributed by atoms with E-state index in [1.165, 1.54) is 25.4 Å². The molecule has 0 unspecified atom stereocenters. The Hall–Kier alpha value is -5.19. The predicted molar refractivity (Wildman–Crippen MR) is 142 cm³/mol.